The molecule has 0 radical (unpaired) electrons. The maximum atomic E-state index is 11.7. The predicted molar refractivity (Wildman–Crippen MR) is 61.7 cm³/mol. The zero-order chi connectivity index (χ0) is 12.0. The number of hydrogen-bond acceptors (Lipinski definition) is 3. The molecule has 3 N–H and O–H groups in total. The minimum atomic E-state index is -0.161. The van der Waals surface area contributed by atoms with Gasteiger partial charge in [-0.15, -0.1) is 0 Å². The summed E-state index contributed by atoms with van der Waals surface area (Å²) in [5.41, 5.74) is 5.51. The van der Waals surface area contributed by atoms with E-state index >= 15 is 0 Å². The standard InChI is InChI=1S/C11H21N3O2/c1-9(15)13-8-11(16)14-6-3-10(2-5-12)4-7-14/h10H,2-8,12H2,1H3,(H,13,15). The molecule has 1 aliphatic rings. The molecule has 1 rings (SSSR count). The monoisotopic (exact) mass is 227 g/mol. The summed E-state index contributed by atoms with van der Waals surface area (Å²) in [5, 5.41) is 2.53. The number of nitrogens with two attached hydrogens (primary N) is 1. The number of piperidine rings is 1. The molecule has 0 aromatic carbocycles. The minimum Gasteiger partial charge on any atom is -0.347 e. The number of rotatable bonds is 4. The number of carbonyl (C=O) groups excluding carboxylic acids is 2. The van der Waals surface area contributed by atoms with Gasteiger partial charge >= 0.3 is 0 Å². The lowest BCUT2D eigenvalue weighted by atomic mass is 9.93. The van der Waals surface area contributed by atoms with Gasteiger partial charge in [0.2, 0.25) is 11.8 Å². The van der Waals surface area contributed by atoms with E-state index in [4.69, 9.17) is 5.73 Å². The van der Waals surface area contributed by atoms with Gasteiger partial charge in [-0.1, -0.05) is 0 Å². The summed E-state index contributed by atoms with van der Waals surface area (Å²) in [6.45, 7) is 3.86. The highest BCUT2D eigenvalue weighted by Gasteiger charge is 2.21. The molecule has 5 nitrogen and oxygen atoms in total. The van der Waals surface area contributed by atoms with E-state index in [9.17, 15) is 9.59 Å². The van der Waals surface area contributed by atoms with Gasteiger partial charge in [-0.3, -0.25) is 9.59 Å². The normalized spacial score (nSPS) is 17.2. The molecule has 1 saturated heterocycles. The van der Waals surface area contributed by atoms with Crippen LogP contribution in [0.1, 0.15) is 26.2 Å². The number of amides is 2. The number of carbonyl (C=O) groups is 2. The molecule has 1 fully saturated rings. The van der Waals surface area contributed by atoms with E-state index in [0.29, 0.717) is 5.92 Å². The summed E-state index contributed by atoms with van der Waals surface area (Å²) in [5.74, 6) is 0.516. The van der Waals surface area contributed by atoms with Crippen molar-refractivity contribution in [1.82, 2.24) is 10.2 Å². The Balaban J connectivity index is 2.24. The lowest BCUT2D eigenvalue weighted by Gasteiger charge is -2.31. The van der Waals surface area contributed by atoms with Crippen LogP contribution in [-0.2, 0) is 9.59 Å². The molecular formula is C11H21N3O2. The van der Waals surface area contributed by atoms with E-state index < -0.39 is 0 Å². The number of likely N-dealkylation sites (tertiary alicyclic amines) is 1. The summed E-state index contributed by atoms with van der Waals surface area (Å²) >= 11 is 0. The van der Waals surface area contributed by atoms with Crippen molar-refractivity contribution in [1.29, 1.82) is 0 Å². The lowest BCUT2D eigenvalue weighted by molar-refractivity contribution is -0.133. The van der Waals surface area contributed by atoms with Crippen LogP contribution in [0.5, 0.6) is 0 Å². The van der Waals surface area contributed by atoms with Gasteiger partial charge in [0.15, 0.2) is 0 Å². The first-order chi connectivity index (χ1) is 7.63. The van der Waals surface area contributed by atoms with Gasteiger partial charge in [0.25, 0.3) is 0 Å². The molecule has 1 heterocycles. The Labute approximate surface area is 96.4 Å². The highest BCUT2D eigenvalue weighted by atomic mass is 16.2. The third-order valence-electron chi connectivity index (χ3n) is 3.03. The Morgan fingerprint density at radius 1 is 1.38 bits per heavy atom. The van der Waals surface area contributed by atoms with Crippen LogP contribution in [-0.4, -0.2) is 42.9 Å². The van der Waals surface area contributed by atoms with Crippen molar-refractivity contribution < 1.29 is 9.59 Å². The van der Waals surface area contributed by atoms with Crippen molar-refractivity contribution >= 4 is 11.8 Å². The molecular weight excluding hydrogens is 206 g/mol. The average molecular weight is 227 g/mol. The SMILES string of the molecule is CC(=O)NCC(=O)N1CCC(CCN)CC1. The second-order valence-electron chi connectivity index (χ2n) is 4.31. The third-order valence-corrected chi connectivity index (χ3v) is 3.03. The maximum Gasteiger partial charge on any atom is 0.241 e. The van der Waals surface area contributed by atoms with E-state index in [1.807, 2.05) is 4.90 Å². The molecule has 1 aliphatic heterocycles. The summed E-state index contributed by atoms with van der Waals surface area (Å²) in [6, 6.07) is 0. The van der Waals surface area contributed by atoms with Gasteiger partial charge in [-0.05, 0) is 31.7 Å². The smallest absolute Gasteiger partial charge is 0.241 e. The Morgan fingerprint density at radius 2 is 2.00 bits per heavy atom. The number of nitrogens with zero attached hydrogens (tertiary/aromatic N) is 1. The summed E-state index contributed by atoms with van der Waals surface area (Å²) in [6.07, 6.45) is 3.11. The summed E-state index contributed by atoms with van der Waals surface area (Å²) in [7, 11) is 0. The second-order valence-corrected chi connectivity index (χ2v) is 4.31. The molecule has 0 spiro atoms. The molecule has 5 heteroatoms. The van der Waals surface area contributed by atoms with Crippen molar-refractivity contribution in [3.63, 3.8) is 0 Å². The third kappa shape index (κ3) is 4.18. The van der Waals surface area contributed by atoms with Gasteiger partial charge in [0.1, 0.15) is 0 Å². The zero-order valence-electron chi connectivity index (χ0n) is 9.87. The predicted octanol–water partition coefficient (Wildman–Crippen LogP) is -0.290. The fourth-order valence-corrected chi connectivity index (χ4v) is 2.02. The van der Waals surface area contributed by atoms with Crippen molar-refractivity contribution in [3.05, 3.63) is 0 Å². The van der Waals surface area contributed by atoms with E-state index in [-0.39, 0.29) is 18.4 Å². The summed E-state index contributed by atoms with van der Waals surface area (Å²) in [4.78, 5) is 24.1. The Morgan fingerprint density at radius 3 is 2.50 bits per heavy atom. The van der Waals surface area contributed by atoms with Crippen LogP contribution in [0.4, 0.5) is 0 Å². The van der Waals surface area contributed by atoms with Gasteiger partial charge in [-0.2, -0.15) is 0 Å². The molecule has 0 unspecified atom stereocenters. The van der Waals surface area contributed by atoms with Crippen molar-refractivity contribution in [2.75, 3.05) is 26.2 Å². The van der Waals surface area contributed by atoms with Crippen LogP contribution >= 0.6 is 0 Å². The first kappa shape index (κ1) is 13.0. The lowest BCUT2D eigenvalue weighted by Crippen LogP contribution is -2.43. The number of hydrogen-bond donors (Lipinski definition) is 2. The van der Waals surface area contributed by atoms with Crippen molar-refractivity contribution in [2.45, 2.75) is 26.2 Å². The van der Waals surface area contributed by atoms with Crippen LogP contribution in [0.25, 0.3) is 0 Å². The van der Waals surface area contributed by atoms with Crippen LogP contribution in [0, 0.1) is 5.92 Å². The molecule has 16 heavy (non-hydrogen) atoms. The molecule has 0 aromatic heterocycles. The minimum absolute atomic E-state index is 0.0152. The topological polar surface area (TPSA) is 75.4 Å². The zero-order valence-corrected chi connectivity index (χ0v) is 9.87. The largest absolute Gasteiger partial charge is 0.347 e. The van der Waals surface area contributed by atoms with E-state index in [0.717, 1.165) is 38.9 Å². The Bertz CT molecular complexity index is 248. The average Bonchev–Trinajstić information content (AvgIpc) is 2.27. The van der Waals surface area contributed by atoms with E-state index in [2.05, 4.69) is 5.32 Å². The van der Waals surface area contributed by atoms with Gasteiger partial charge in [0, 0.05) is 20.0 Å². The highest BCUT2D eigenvalue weighted by Crippen LogP contribution is 2.19. The van der Waals surface area contributed by atoms with Crippen LogP contribution in [0.2, 0.25) is 0 Å². The highest BCUT2D eigenvalue weighted by molar-refractivity contribution is 5.83. The van der Waals surface area contributed by atoms with Crippen molar-refractivity contribution in [2.24, 2.45) is 11.7 Å². The molecule has 0 saturated carbocycles. The quantitative estimate of drug-likeness (QED) is 0.693. The van der Waals surface area contributed by atoms with E-state index in [1.54, 1.807) is 0 Å². The van der Waals surface area contributed by atoms with Gasteiger partial charge in [0.05, 0.1) is 6.54 Å². The molecule has 0 bridgehead atoms. The Hall–Kier alpha value is -1.10. The molecule has 92 valence electrons. The fourth-order valence-electron chi connectivity index (χ4n) is 2.02. The molecule has 0 aromatic rings. The molecule has 2 amide bonds. The Kier molecular flexibility index (Phi) is 5.25. The van der Waals surface area contributed by atoms with Crippen molar-refractivity contribution in [3.8, 4) is 0 Å². The van der Waals surface area contributed by atoms with E-state index in [1.165, 1.54) is 6.92 Å². The fraction of sp³-hybridized carbons (Fsp3) is 0.818. The molecule has 0 atom stereocenters. The number of nitrogens with one attached hydrogen (secondary N) is 1. The first-order valence-corrected chi connectivity index (χ1v) is 5.85. The van der Waals surface area contributed by atoms with Crippen LogP contribution in [0.15, 0.2) is 0 Å². The molecule has 0 aliphatic carbocycles. The second kappa shape index (κ2) is 6.48. The maximum absolute atomic E-state index is 11.7. The summed E-state index contributed by atoms with van der Waals surface area (Å²) < 4.78 is 0. The van der Waals surface area contributed by atoms with Crippen LogP contribution in [0.3, 0.4) is 0 Å². The van der Waals surface area contributed by atoms with Crippen LogP contribution < -0.4 is 11.1 Å². The van der Waals surface area contributed by atoms with Gasteiger partial charge < -0.3 is 16.0 Å². The first-order valence-electron chi connectivity index (χ1n) is 5.85. The van der Waals surface area contributed by atoms with Gasteiger partial charge in [-0.25, -0.2) is 0 Å².